The van der Waals surface area contributed by atoms with Crippen LogP contribution in [0.3, 0.4) is 0 Å². The molecular formula is C34H26O6. The summed E-state index contributed by atoms with van der Waals surface area (Å²) < 4.78 is 10.8. The second kappa shape index (κ2) is 9.75. The molecule has 6 nitrogen and oxygen atoms in total. The molecule has 6 aromatic carbocycles. The fourth-order valence-corrected chi connectivity index (χ4v) is 5.31. The van der Waals surface area contributed by atoms with Crippen LogP contribution in [-0.4, -0.2) is 34.6 Å². The Labute approximate surface area is 230 Å². The highest BCUT2D eigenvalue weighted by Gasteiger charge is 2.25. The van der Waals surface area contributed by atoms with Crippen molar-refractivity contribution in [2.24, 2.45) is 0 Å². The van der Waals surface area contributed by atoms with Gasteiger partial charge in [0.25, 0.3) is 0 Å². The summed E-state index contributed by atoms with van der Waals surface area (Å²) in [5, 5.41) is 48.4. The average Bonchev–Trinajstić information content (AvgIpc) is 2.98. The largest absolute Gasteiger partial charge is 0.507 e. The molecule has 0 spiro atoms. The third-order valence-corrected chi connectivity index (χ3v) is 7.28. The van der Waals surface area contributed by atoms with Crippen LogP contribution >= 0.6 is 0 Å². The number of rotatable bonds is 5. The van der Waals surface area contributed by atoms with Crippen LogP contribution in [0.15, 0.2) is 97.1 Å². The predicted molar refractivity (Wildman–Crippen MR) is 158 cm³/mol. The molecule has 0 aliphatic rings. The number of fused-ring (bicyclic) bond motifs is 2. The predicted octanol–water partition coefficient (Wildman–Crippen LogP) is 7.83. The minimum Gasteiger partial charge on any atom is -0.507 e. The van der Waals surface area contributed by atoms with Gasteiger partial charge in [-0.25, -0.2) is 0 Å². The lowest BCUT2D eigenvalue weighted by Gasteiger charge is -2.20. The molecular weight excluding hydrogens is 504 g/mol. The van der Waals surface area contributed by atoms with Crippen molar-refractivity contribution >= 4 is 21.5 Å². The van der Waals surface area contributed by atoms with Crippen molar-refractivity contribution in [3.05, 3.63) is 97.1 Å². The normalized spacial score (nSPS) is 11.2. The molecule has 0 heterocycles. The fraction of sp³-hybridized carbons (Fsp3) is 0.0588. The van der Waals surface area contributed by atoms with Crippen molar-refractivity contribution < 1.29 is 29.9 Å². The summed E-state index contributed by atoms with van der Waals surface area (Å²) in [6, 6.07) is 28.3. The number of phenols is 4. The summed E-state index contributed by atoms with van der Waals surface area (Å²) in [4.78, 5) is 0. The first-order valence-electron chi connectivity index (χ1n) is 12.7. The van der Waals surface area contributed by atoms with Gasteiger partial charge in [0, 0.05) is 33.4 Å². The molecule has 0 aromatic heterocycles. The van der Waals surface area contributed by atoms with Gasteiger partial charge in [-0.2, -0.15) is 0 Å². The van der Waals surface area contributed by atoms with Gasteiger partial charge in [0.1, 0.15) is 34.5 Å². The van der Waals surface area contributed by atoms with E-state index in [1.54, 1.807) is 36.4 Å². The van der Waals surface area contributed by atoms with Crippen LogP contribution in [0.2, 0.25) is 0 Å². The molecule has 0 amide bonds. The number of hydrogen-bond acceptors (Lipinski definition) is 6. The van der Waals surface area contributed by atoms with Gasteiger partial charge in [-0.3, -0.25) is 0 Å². The standard InChI is InChI=1S/C34H26O6/c1-39-21-11-13-29(35)25(17-21)27-15-19-7-3-5-9-23(19)31(33(27)37)32-24-10-6-4-8-20(24)16-28(34(32)38)26-18-22(40-2)12-14-30(26)36/h3-18,35-38H,1-2H3. The molecule has 6 heteroatoms. The van der Waals surface area contributed by atoms with E-state index in [-0.39, 0.29) is 23.0 Å². The van der Waals surface area contributed by atoms with Crippen LogP contribution in [0.25, 0.3) is 54.9 Å². The molecule has 0 radical (unpaired) electrons. The number of methoxy groups -OCH3 is 2. The highest BCUT2D eigenvalue weighted by molar-refractivity contribution is 6.14. The minimum atomic E-state index is -0.116. The zero-order valence-corrected chi connectivity index (χ0v) is 21.8. The maximum atomic E-state index is 11.9. The molecule has 0 saturated heterocycles. The van der Waals surface area contributed by atoms with Crippen molar-refractivity contribution in [2.75, 3.05) is 14.2 Å². The molecule has 0 fully saturated rings. The van der Waals surface area contributed by atoms with Gasteiger partial charge in [-0.1, -0.05) is 48.5 Å². The molecule has 6 aromatic rings. The molecule has 0 bridgehead atoms. The lowest BCUT2D eigenvalue weighted by atomic mass is 9.86. The lowest BCUT2D eigenvalue weighted by molar-refractivity contribution is 0.412. The fourth-order valence-electron chi connectivity index (χ4n) is 5.31. The van der Waals surface area contributed by atoms with Gasteiger partial charge >= 0.3 is 0 Å². The van der Waals surface area contributed by atoms with Crippen LogP contribution in [0.5, 0.6) is 34.5 Å². The number of phenolic OH excluding ortho intramolecular Hbond substituents is 4. The second-order valence-electron chi connectivity index (χ2n) is 9.50. The Hall–Kier alpha value is -5.36. The quantitative estimate of drug-likeness (QED) is 0.181. The Morgan fingerprint density at radius 2 is 0.850 bits per heavy atom. The van der Waals surface area contributed by atoms with E-state index >= 15 is 0 Å². The van der Waals surface area contributed by atoms with E-state index < -0.39 is 0 Å². The van der Waals surface area contributed by atoms with Gasteiger partial charge in [0.05, 0.1) is 14.2 Å². The first-order chi connectivity index (χ1) is 19.4. The third-order valence-electron chi connectivity index (χ3n) is 7.28. The van der Waals surface area contributed by atoms with Gasteiger partial charge < -0.3 is 29.9 Å². The summed E-state index contributed by atoms with van der Waals surface area (Å²) in [6.07, 6.45) is 0. The van der Waals surface area contributed by atoms with Crippen LogP contribution in [0, 0.1) is 0 Å². The molecule has 0 saturated carbocycles. The van der Waals surface area contributed by atoms with Crippen LogP contribution in [-0.2, 0) is 0 Å². The van der Waals surface area contributed by atoms with Gasteiger partial charge in [-0.15, -0.1) is 0 Å². The van der Waals surface area contributed by atoms with Crippen LogP contribution < -0.4 is 9.47 Å². The summed E-state index contributed by atoms with van der Waals surface area (Å²) in [6.45, 7) is 0. The summed E-state index contributed by atoms with van der Waals surface area (Å²) in [5.74, 6) is 0.753. The zero-order chi connectivity index (χ0) is 28.0. The van der Waals surface area contributed by atoms with E-state index in [4.69, 9.17) is 9.47 Å². The van der Waals surface area contributed by atoms with E-state index in [1.165, 1.54) is 26.4 Å². The number of benzene rings is 6. The van der Waals surface area contributed by atoms with Gasteiger partial charge in [-0.05, 0) is 70.1 Å². The smallest absolute Gasteiger partial charge is 0.132 e. The second-order valence-corrected chi connectivity index (χ2v) is 9.50. The molecule has 0 aliphatic heterocycles. The highest BCUT2D eigenvalue weighted by Crippen LogP contribution is 2.53. The zero-order valence-electron chi connectivity index (χ0n) is 21.8. The molecule has 40 heavy (non-hydrogen) atoms. The molecule has 0 aliphatic carbocycles. The molecule has 0 unspecified atom stereocenters. The maximum absolute atomic E-state index is 11.9. The Kier molecular flexibility index (Phi) is 6.08. The first kappa shape index (κ1) is 24.9. The molecule has 0 atom stereocenters. The molecule has 198 valence electrons. The Bertz CT molecular complexity index is 1780. The van der Waals surface area contributed by atoms with Crippen LogP contribution in [0.1, 0.15) is 0 Å². The summed E-state index contributed by atoms with van der Waals surface area (Å²) in [5.41, 5.74) is 2.32. The van der Waals surface area contributed by atoms with E-state index in [1.807, 2.05) is 48.5 Å². The monoisotopic (exact) mass is 530 g/mol. The molecule has 4 N–H and O–H groups in total. The number of ether oxygens (including phenoxy) is 2. The van der Waals surface area contributed by atoms with Crippen molar-refractivity contribution in [1.29, 1.82) is 0 Å². The van der Waals surface area contributed by atoms with Crippen molar-refractivity contribution in [3.63, 3.8) is 0 Å². The topological polar surface area (TPSA) is 99.4 Å². The Balaban J connectivity index is 1.76. The van der Waals surface area contributed by atoms with Gasteiger partial charge in [0.2, 0.25) is 0 Å². The summed E-state index contributed by atoms with van der Waals surface area (Å²) in [7, 11) is 3.07. The number of hydrogen-bond donors (Lipinski definition) is 4. The van der Waals surface area contributed by atoms with Crippen molar-refractivity contribution in [2.45, 2.75) is 0 Å². The SMILES string of the molecule is COc1ccc(O)c(-c2cc3ccccc3c(-c3c(O)c(-c4cc(OC)ccc4O)cc4ccccc34)c2O)c1. The van der Waals surface area contributed by atoms with Crippen LogP contribution in [0.4, 0.5) is 0 Å². The summed E-state index contributed by atoms with van der Waals surface area (Å²) >= 11 is 0. The molecule has 6 rings (SSSR count). The maximum Gasteiger partial charge on any atom is 0.132 e. The van der Waals surface area contributed by atoms with Gasteiger partial charge in [0.15, 0.2) is 0 Å². The number of aromatic hydroxyl groups is 4. The average molecular weight is 531 g/mol. The van der Waals surface area contributed by atoms with E-state index in [0.29, 0.717) is 55.7 Å². The Morgan fingerprint density at radius 3 is 1.25 bits per heavy atom. The highest BCUT2D eigenvalue weighted by atomic mass is 16.5. The Morgan fingerprint density at radius 1 is 0.450 bits per heavy atom. The first-order valence-corrected chi connectivity index (χ1v) is 12.7. The van der Waals surface area contributed by atoms with E-state index in [2.05, 4.69) is 0 Å². The lowest BCUT2D eigenvalue weighted by Crippen LogP contribution is -1.93. The van der Waals surface area contributed by atoms with Crippen molar-refractivity contribution in [1.82, 2.24) is 0 Å². The minimum absolute atomic E-state index is 0.0264. The third kappa shape index (κ3) is 3.98. The van der Waals surface area contributed by atoms with E-state index in [0.717, 1.165) is 10.8 Å². The van der Waals surface area contributed by atoms with Crippen molar-refractivity contribution in [3.8, 4) is 67.9 Å². The van der Waals surface area contributed by atoms with E-state index in [9.17, 15) is 20.4 Å².